The van der Waals surface area contributed by atoms with Crippen molar-refractivity contribution in [1.82, 2.24) is 9.38 Å². The van der Waals surface area contributed by atoms with Crippen molar-refractivity contribution >= 4 is 5.65 Å². The van der Waals surface area contributed by atoms with Gasteiger partial charge in [0.25, 0.3) is 0 Å². The van der Waals surface area contributed by atoms with Gasteiger partial charge in [-0.25, -0.2) is 4.98 Å². The molecule has 0 spiro atoms. The molecule has 3 heteroatoms. The summed E-state index contributed by atoms with van der Waals surface area (Å²) in [7, 11) is 0. The van der Waals surface area contributed by atoms with Gasteiger partial charge in [0.15, 0.2) is 0 Å². The average molecular weight is 266 g/mol. The molecule has 0 amide bonds. The van der Waals surface area contributed by atoms with Crippen molar-refractivity contribution in [2.45, 2.75) is 26.4 Å². The van der Waals surface area contributed by atoms with Gasteiger partial charge in [-0.2, -0.15) is 0 Å². The minimum Gasteiger partial charge on any atom is -0.387 e. The molecule has 3 nitrogen and oxygen atoms in total. The van der Waals surface area contributed by atoms with Crippen molar-refractivity contribution in [2.75, 3.05) is 0 Å². The van der Waals surface area contributed by atoms with E-state index in [2.05, 4.69) is 4.40 Å². The Morgan fingerprint density at radius 3 is 2.55 bits per heavy atom. The summed E-state index contributed by atoms with van der Waals surface area (Å²) in [5.74, 6) is 0. The average Bonchev–Trinajstić information content (AvgIpc) is 2.88. The number of hydrogen-bond acceptors (Lipinski definition) is 2. The number of fused-ring (bicyclic) bond motifs is 1. The Balaban J connectivity index is 2.34. The van der Waals surface area contributed by atoms with E-state index < -0.39 is 6.10 Å². The van der Waals surface area contributed by atoms with Crippen LogP contribution in [-0.4, -0.2) is 14.5 Å². The van der Waals surface area contributed by atoms with Crippen molar-refractivity contribution in [3.63, 3.8) is 0 Å². The molecule has 3 rings (SSSR count). The first kappa shape index (κ1) is 12.9. The summed E-state index contributed by atoms with van der Waals surface area (Å²) < 4.78 is 2.05. The first-order chi connectivity index (χ1) is 9.72. The molecule has 20 heavy (non-hydrogen) atoms. The fourth-order valence-electron chi connectivity index (χ4n) is 2.59. The number of rotatable bonds is 3. The lowest BCUT2D eigenvalue weighted by Gasteiger charge is -2.12. The summed E-state index contributed by atoms with van der Waals surface area (Å²) in [4.78, 5) is 4.72. The molecule has 0 aliphatic heterocycles. The van der Waals surface area contributed by atoms with Crippen LogP contribution < -0.4 is 0 Å². The normalized spacial score (nSPS) is 12.8. The van der Waals surface area contributed by atoms with Crippen LogP contribution in [0.2, 0.25) is 0 Å². The number of pyridine rings is 1. The van der Waals surface area contributed by atoms with E-state index in [4.69, 9.17) is 4.98 Å². The smallest absolute Gasteiger partial charge is 0.137 e. The molecule has 0 radical (unpaired) electrons. The van der Waals surface area contributed by atoms with Gasteiger partial charge < -0.3 is 5.11 Å². The van der Waals surface area contributed by atoms with Crippen LogP contribution in [0.4, 0.5) is 0 Å². The zero-order chi connectivity index (χ0) is 14.1. The van der Waals surface area contributed by atoms with Crippen LogP contribution in [-0.2, 0) is 0 Å². The highest BCUT2D eigenvalue weighted by Crippen LogP contribution is 2.31. The van der Waals surface area contributed by atoms with Gasteiger partial charge in [-0.05, 0) is 25.5 Å². The zero-order valence-corrected chi connectivity index (χ0v) is 11.7. The summed E-state index contributed by atoms with van der Waals surface area (Å²) in [6, 6.07) is 16.0. The Kier molecular flexibility index (Phi) is 3.28. The predicted molar refractivity (Wildman–Crippen MR) is 80.6 cm³/mol. The Hall–Kier alpha value is -2.13. The maximum atomic E-state index is 10.4. The van der Waals surface area contributed by atoms with E-state index in [-0.39, 0.29) is 0 Å². The number of aliphatic hydroxyl groups is 1. The Morgan fingerprint density at radius 1 is 1.10 bits per heavy atom. The second kappa shape index (κ2) is 5.10. The number of benzene rings is 1. The predicted octanol–water partition coefficient (Wildman–Crippen LogP) is 3.75. The number of imidazole rings is 1. The van der Waals surface area contributed by atoms with Crippen molar-refractivity contribution in [3.05, 3.63) is 59.9 Å². The second-order valence-electron chi connectivity index (χ2n) is 5.00. The molecule has 2 aromatic heterocycles. The zero-order valence-electron chi connectivity index (χ0n) is 11.7. The molecule has 0 saturated carbocycles. The molecule has 0 saturated heterocycles. The minimum atomic E-state index is -0.513. The highest BCUT2D eigenvalue weighted by atomic mass is 16.3. The van der Waals surface area contributed by atoms with E-state index in [9.17, 15) is 5.11 Å². The molecule has 2 heterocycles. The molecular formula is C17H18N2O. The van der Waals surface area contributed by atoms with Crippen LogP contribution in [0.15, 0.2) is 48.5 Å². The van der Waals surface area contributed by atoms with Crippen LogP contribution in [0.25, 0.3) is 16.9 Å². The van der Waals surface area contributed by atoms with Crippen LogP contribution >= 0.6 is 0 Å². The van der Waals surface area contributed by atoms with E-state index in [0.29, 0.717) is 6.42 Å². The van der Waals surface area contributed by atoms with Gasteiger partial charge in [0.05, 0.1) is 17.5 Å². The van der Waals surface area contributed by atoms with Gasteiger partial charge in [0.2, 0.25) is 0 Å². The second-order valence-corrected chi connectivity index (χ2v) is 5.00. The SMILES string of the molecule is CCC(O)c1c(-c2ccccc2)nc2cccc(C)n12. The molecule has 1 unspecified atom stereocenters. The number of aryl methyl sites for hydroxylation is 1. The molecule has 1 atom stereocenters. The van der Waals surface area contributed by atoms with E-state index in [1.165, 1.54) is 0 Å². The van der Waals surface area contributed by atoms with E-state index in [1.54, 1.807) is 0 Å². The van der Waals surface area contributed by atoms with Crippen molar-refractivity contribution < 1.29 is 5.11 Å². The van der Waals surface area contributed by atoms with Gasteiger partial charge in [-0.15, -0.1) is 0 Å². The molecule has 102 valence electrons. The van der Waals surface area contributed by atoms with Crippen LogP contribution in [0.5, 0.6) is 0 Å². The lowest BCUT2D eigenvalue weighted by atomic mass is 10.1. The fourth-order valence-corrected chi connectivity index (χ4v) is 2.59. The molecule has 0 fully saturated rings. The Labute approximate surface area is 118 Å². The number of aliphatic hydroxyl groups excluding tert-OH is 1. The van der Waals surface area contributed by atoms with Gasteiger partial charge in [0.1, 0.15) is 5.65 Å². The van der Waals surface area contributed by atoms with Crippen molar-refractivity contribution in [1.29, 1.82) is 0 Å². The molecule has 0 bridgehead atoms. The fraction of sp³-hybridized carbons (Fsp3) is 0.235. The summed E-state index contributed by atoms with van der Waals surface area (Å²) in [6.07, 6.45) is 0.156. The quantitative estimate of drug-likeness (QED) is 0.784. The first-order valence-corrected chi connectivity index (χ1v) is 6.93. The van der Waals surface area contributed by atoms with Crippen LogP contribution in [0.3, 0.4) is 0 Å². The largest absolute Gasteiger partial charge is 0.387 e. The molecule has 0 aliphatic carbocycles. The Morgan fingerprint density at radius 2 is 1.85 bits per heavy atom. The van der Waals surface area contributed by atoms with Gasteiger partial charge in [-0.3, -0.25) is 4.40 Å². The maximum Gasteiger partial charge on any atom is 0.137 e. The molecule has 3 aromatic rings. The molecule has 1 aromatic carbocycles. The summed E-state index contributed by atoms with van der Waals surface area (Å²) >= 11 is 0. The minimum absolute atomic E-state index is 0.513. The summed E-state index contributed by atoms with van der Waals surface area (Å²) in [6.45, 7) is 4.02. The highest BCUT2D eigenvalue weighted by Gasteiger charge is 2.20. The lowest BCUT2D eigenvalue weighted by molar-refractivity contribution is 0.168. The van der Waals surface area contributed by atoms with Gasteiger partial charge in [-0.1, -0.05) is 43.3 Å². The lowest BCUT2D eigenvalue weighted by Crippen LogP contribution is -2.04. The molecule has 1 N–H and O–H groups in total. The monoisotopic (exact) mass is 266 g/mol. The molecule has 0 aliphatic rings. The molecular weight excluding hydrogens is 248 g/mol. The summed E-state index contributed by atoms with van der Waals surface area (Å²) in [5.41, 5.74) is 4.75. The number of aromatic nitrogens is 2. The van der Waals surface area contributed by atoms with Gasteiger partial charge >= 0.3 is 0 Å². The topological polar surface area (TPSA) is 37.5 Å². The maximum absolute atomic E-state index is 10.4. The summed E-state index contributed by atoms with van der Waals surface area (Å²) in [5, 5.41) is 10.4. The first-order valence-electron chi connectivity index (χ1n) is 6.93. The third-order valence-electron chi connectivity index (χ3n) is 3.62. The van der Waals surface area contributed by atoms with E-state index >= 15 is 0 Å². The van der Waals surface area contributed by atoms with E-state index in [1.807, 2.05) is 62.4 Å². The number of nitrogens with zero attached hydrogens (tertiary/aromatic N) is 2. The Bertz CT molecular complexity index is 731. The van der Waals surface area contributed by atoms with Crippen LogP contribution in [0.1, 0.15) is 30.8 Å². The number of hydrogen-bond donors (Lipinski definition) is 1. The van der Waals surface area contributed by atoms with Crippen molar-refractivity contribution in [2.24, 2.45) is 0 Å². The standard InChI is InChI=1S/C17H18N2O/c1-3-14(20)17-16(13-9-5-4-6-10-13)18-15-11-7-8-12(2)19(15)17/h4-11,14,20H,3H2,1-2H3. The van der Waals surface area contributed by atoms with Crippen LogP contribution in [0, 0.1) is 6.92 Å². The van der Waals surface area contributed by atoms with E-state index in [0.717, 1.165) is 28.3 Å². The van der Waals surface area contributed by atoms with Crippen molar-refractivity contribution in [3.8, 4) is 11.3 Å². The third kappa shape index (κ3) is 2.00. The highest BCUT2D eigenvalue weighted by molar-refractivity contribution is 5.67. The van der Waals surface area contributed by atoms with Gasteiger partial charge in [0, 0.05) is 11.3 Å². The third-order valence-corrected chi connectivity index (χ3v) is 3.62.